The second-order valence-electron chi connectivity index (χ2n) is 3.60. The van der Waals surface area contributed by atoms with Gasteiger partial charge in [0.2, 0.25) is 10.0 Å². The molecule has 1 aromatic carbocycles. The molecule has 0 aliphatic heterocycles. The van der Waals surface area contributed by atoms with Crippen LogP contribution in [-0.2, 0) is 24.3 Å². The first kappa shape index (κ1) is 14.5. The van der Waals surface area contributed by atoms with E-state index >= 15 is 0 Å². The van der Waals surface area contributed by atoms with Gasteiger partial charge in [-0.2, -0.15) is 8.42 Å². The lowest BCUT2D eigenvalue weighted by atomic mass is 10.2. The van der Waals surface area contributed by atoms with Crippen molar-refractivity contribution >= 4 is 31.9 Å². The fourth-order valence-electron chi connectivity index (χ4n) is 1.08. The molecule has 0 atom stereocenters. The van der Waals surface area contributed by atoms with E-state index in [0.29, 0.717) is 11.3 Å². The standard InChI is InChI=1S/C10H13NO5S2/c1-17(12,13)11-10-5-3-9(4-6-10)7-8-16-18(2,14)15/h3-8,11H,1-2H3. The van der Waals surface area contributed by atoms with Crippen molar-refractivity contribution in [3.8, 4) is 0 Å². The monoisotopic (exact) mass is 291 g/mol. The van der Waals surface area contributed by atoms with E-state index in [2.05, 4.69) is 8.91 Å². The van der Waals surface area contributed by atoms with Gasteiger partial charge in [-0.15, -0.1) is 0 Å². The van der Waals surface area contributed by atoms with Gasteiger partial charge in [0.05, 0.1) is 12.5 Å². The molecule has 0 bridgehead atoms. The van der Waals surface area contributed by atoms with Gasteiger partial charge in [0.1, 0.15) is 6.26 Å². The van der Waals surface area contributed by atoms with Gasteiger partial charge >= 0.3 is 10.1 Å². The summed E-state index contributed by atoms with van der Waals surface area (Å²) in [6.07, 6.45) is 4.50. The summed E-state index contributed by atoms with van der Waals surface area (Å²) in [5.74, 6) is 0. The van der Waals surface area contributed by atoms with Crippen LogP contribution in [0.2, 0.25) is 0 Å². The first-order chi connectivity index (χ1) is 8.16. The first-order valence-corrected chi connectivity index (χ1v) is 8.49. The molecular weight excluding hydrogens is 278 g/mol. The van der Waals surface area contributed by atoms with E-state index in [1.54, 1.807) is 24.3 Å². The Hall–Kier alpha value is -1.54. The molecule has 1 aromatic rings. The van der Waals surface area contributed by atoms with Crippen LogP contribution in [0.15, 0.2) is 30.5 Å². The predicted octanol–water partition coefficient (Wildman–Crippen LogP) is 1.01. The van der Waals surface area contributed by atoms with Crippen LogP contribution >= 0.6 is 0 Å². The van der Waals surface area contributed by atoms with Crippen LogP contribution in [0.1, 0.15) is 5.56 Å². The average Bonchev–Trinajstić information content (AvgIpc) is 2.16. The normalized spacial score (nSPS) is 12.6. The highest BCUT2D eigenvalue weighted by Crippen LogP contribution is 2.12. The summed E-state index contributed by atoms with van der Waals surface area (Å²) in [6.45, 7) is 0. The minimum Gasteiger partial charge on any atom is -0.391 e. The number of rotatable bonds is 5. The third-order valence-corrected chi connectivity index (χ3v) is 2.77. The lowest BCUT2D eigenvalue weighted by Gasteiger charge is -2.03. The molecule has 0 saturated heterocycles. The molecule has 1 rings (SSSR count). The molecule has 100 valence electrons. The average molecular weight is 291 g/mol. The molecule has 0 heterocycles. The summed E-state index contributed by atoms with van der Waals surface area (Å²) < 4.78 is 50.0. The molecule has 6 nitrogen and oxygen atoms in total. The Kier molecular flexibility index (Phi) is 4.36. The Morgan fingerprint density at radius 3 is 2.06 bits per heavy atom. The number of nitrogens with one attached hydrogen (secondary N) is 1. The van der Waals surface area contributed by atoms with E-state index in [4.69, 9.17) is 0 Å². The molecule has 0 aliphatic rings. The van der Waals surface area contributed by atoms with Gasteiger partial charge in [-0.1, -0.05) is 12.1 Å². The van der Waals surface area contributed by atoms with Crippen LogP contribution in [0.4, 0.5) is 5.69 Å². The van der Waals surface area contributed by atoms with Crippen molar-refractivity contribution in [3.05, 3.63) is 36.1 Å². The largest absolute Gasteiger partial charge is 0.391 e. The van der Waals surface area contributed by atoms with Gasteiger partial charge in [-0.25, -0.2) is 8.42 Å². The Bertz CT molecular complexity index is 629. The molecule has 0 amide bonds. The number of hydrogen-bond donors (Lipinski definition) is 1. The van der Waals surface area contributed by atoms with Gasteiger partial charge in [-0.05, 0) is 23.8 Å². The number of benzene rings is 1. The highest BCUT2D eigenvalue weighted by Gasteiger charge is 2.00. The molecule has 0 unspecified atom stereocenters. The van der Waals surface area contributed by atoms with Gasteiger partial charge in [0.25, 0.3) is 0 Å². The third-order valence-electron chi connectivity index (χ3n) is 1.70. The molecule has 0 spiro atoms. The minimum atomic E-state index is -3.50. The summed E-state index contributed by atoms with van der Waals surface area (Å²) in [5.41, 5.74) is 1.11. The summed E-state index contributed by atoms with van der Waals surface area (Å²) in [5, 5.41) is 0. The summed E-state index contributed by atoms with van der Waals surface area (Å²) in [6, 6.07) is 6.35. The second kappa shape index (κ2) is 5.40. The van der Waals surface area contributed by atoms with E-state index in [-0.39, 0.29) is 0 Å². The van der Waals surface area contributed by atoms with Crippen molar-refractivity contribution < 1.29 is 21.0 Å². The molecule has 0 fully saturated rings. The zero-order chi connectivity index (χ0) is 13.8. The first-order valence-electron chi connectivity index (χ1n) is 4.78. The minimum absolute atomic E-state index is 0.429. The summed E-state index contributed by atoms with van der Waals surface area (Å²) in [4.78, 5) is 0. The van der Waals surface area contributed by atoms with E-state index in [0.717, 1.165) is 18.8 Å². The Balaban J connectivity index is 2.72. The van der Waals surface area contributed by atoms with E-state index < -0.39 is 20.1 Å². The molecule has 0 saturated carbocycles. The van der Waals surface area contributed by atoms with Crippen LogP contribution in [0.3, 0.4) is 0 Å². The fourth-order valence-corrected chi connectivity index (χ4v) is 1.91. The number of hydrogen-bond acceptors (Lipinski definition) is 5. The zero-order valence-corrected chi connectivity index (χ0v) is 11.5. The maximum absolute atomic E-state index is 11.0. The molecule has 0 radical (unpaired) electrons. The van der Waals surface area contributed by atoms with Crippen molar-refractivity contribution in [2.24, 2.45) is 0 Å². The number of sulfonamides is 1. The quantitative estimate of drug-likeness (QED) is 0.646. The van der Waals surface area contributed by atoms with Gasteiger partial charge in [-0.3, -0.25) is 4.72 Å². The third kappa shape index (κ3) is 6.26. The fraction of sp³-hybridized carbons (Fsp3) is 0.200. The molecule has 0 aliphatic carbocycles. The molecule has 0 aromatic heterocycles. The Morgan fingerprint density at radius 2 is 1.61 bits per heavy atom. The maximum Gasteiger partial charge on any atom is 0.305 e. The van der Waals surface area contributed by atoms with E-state index in [9.17, 15) is 16.8 Å². The van der Waals surface area contributed by atoms with Crippen LogP contribution in [0, 0.1) is 0 Å². The highest BCUT2D eigenvalue weighted by atomic mass is 32.2. The predicted molar refractivity (Wildman–Crippen MR) is 69.9 cm³/mol. The summed E-state index contributed by atoms with van der Waals surface area (Å²) in [7, 11) is -6.80. The van der Waals surface area contributed by atoms with Gasteiger partial charge in [0.15, 0.2) is 0 Å². The Labute approximate surface area is 106 Å². The Morgan fingerprint density at radius 1 is 1.06 bits per heavy atom. The molecule has 18 heavy (non-hydrogen) atoms. The lowest BCUT2D eigenvalue weighted by Crippen LogP contribution is -2.09. The summed E-state index contributed by atoms with van der Waals surface area (Å²) >= 11 is 0. The van der Waals surface area contributed by atoms with Crippen LogP contribution in [0.25, 0.3) is 6.08 Å². The highest BCUT2D eigenvalue weighted by molar-refractivity contribution is 7.92. The van der Waals surface area contributed by atoms with E-state index in [1.807, 2.05) is 0 Å². The van der Waals surface area contributed by atoms with Crippen LogP contribution < -0.4 is 4.72 Å². The SMILES string of the molecule is CS(=O)(=O)Nc1ccc(C=COS(C)(=O)=O)cc1. The van der Waals surface area contributed by atoms with Crippen LogP contribution in [-0.4, -0.2) is 29.3 Å². The topological polar surface area (TPSA) is 89.5 Å². The van der Waals surface area contributed by atoms with Gasteiger partial charge in [0, 0.05) is 5.69 Å². The van der Waals surface area contributed by atoms with Crippen molar-refractivity contribution in [2.45, 2.75) is 0 Å². The van der Waals surface area contributed by atoms with E-state index in [1.165, 1.54) is 6.08 Å². The lowest BCUT2D eigenvalue weighted by molar-refractivity contribution is 0.452. The second-order valence-corrected chi connectivity index (χ2v) is 6.95. The molecule has 1 N–H and O–H groups in total. The zero-order valence-electron chi connectivity index (χ0n) is 9.82. The molecular formula is C10H13NO5S2. The van der Waals surface area contributed by atoms with Crippen molar-refractivity contribution in [3.63, 3.8) is 0 Å². The maximum atomic E-state index is 11.0. The molecule has 8 heteroatoms. The van der Waals surface area contributed by atoms with Crippen LogP contribution in [0.5, 0.6) is 0 Å². The smallest absolute Gasteiger partial charge is 0.305 e. The van der Waals surface area contributed by atoms with Crippen molar-refractivity contribution in [2.75, 3.05) is 17.2 Å². The number of anilines is 1. The van der Waals surface area contributed by atoms with Crippen molar-refractivity contribution in [1.82, 2.24) is 0 Å². The van der Waals surface area contributed by atoms with Crippen molar-refractivity contribution in [1.29, 1.82) is 0 Å². The van der Waals surface area contributed by atoms with Gasteiger partial charge < -0.3 is 4.18 Å².